The molecule has 31 heteroatoms. The molecule has 12 N–H and O–H groups in total. The number of nitrogens with two attached hydrogens (primary N) is 1. The van der Waals surface area contributed by atoms with Crippen molar-refractivity contribution in [1.82, 2.24) is 30.2 Å². The number of amides is 2. The van der Waals surface area contributed by atoms with Crippen LogP contribution in [0, 0.1) is 17.3 Å². The van der Waals surface area contributed by atoms with Crippen LogP contribution in [-0.4, -0.2) is 151 Å². The van der Waals surface area contributed by atoms with Gasteiger partial charge in [-0.2, -0.15) is 4.31 Å². The lowest BCUT2D eigenvalue weighted by molar-refractivity contribution is -0.137. The quantitative estimate of drug-likeness (QED) is 0.0293. The van der Waals surface area contributed by atoms with Crippen LogP contribution in [0.3, 0.4) is 0 Å². The topological polar surface area (TPSA) is 421 Å². The fourth-order valence-electron chi connectivity index (χ4n) is 7.46. The Balaban J connectivity index is 1.08. The number of aliphatic hydroxyl groups excluding tert-OH is 4. The van der Waals surface area contributed by atoms with E-state index in [9.17, 15) is 72.9 Å². The number of nitrogen functional groups attached to an aromatic ring is 1. The minimum atomic E-state index is -5.60. The number of carbonyl (C=O) groups excluding carboxylic acids is 4. The molecule has 2 fully saturated rings. The van der Waals surface area contributed by atoms with E-state index in [2.05, 4.69) is 34.4 Å². The summed E-state index contributed by atoms with van der Waals surface area (Å²) in [7, 11) is -16.5. The van der Waals surface area contributed by atoms with Gasteiger partial charge in [-0.05, 0) is 32.1 Å². The number of aliphatic hydroxyl groups is 4. The number of fused-ring (bicyclic) bond motifs is 1. The number of carbonyl (C=O) groups is 4. The second-order valence-electron chi connectivity index (χ2n) is 17.7. The lowest BCUT2D eigenvalue weighted by Gasteiger charge is -2.30. The number of ketones is 1. The molecule has 11 atom stereocenters. The van der Waals surface area contributed by atoms with Gasteiger partial charge in [0.2, 0.25) is 11.8 Å². The maximum atomic E-state index is 12.8. The van der Waals surface area contributed by atoms with Gasteiger partial charge in [0.25, 0.3) is 0 Å². The van der Waals surface area contributed by atoms with Gasteiger partial charge >= 0.3 is 23.5 Å². The van der Waals surface area contributed by atoms with E-state index in [1.165, 1.54) is 13.8 Å². The molecule has 2 amide bonds. The zero-order valence-corrected chi connectivity index (χ0v) is 44.3. The van der Waals surface area contributed by atoms with Crippen molar-refractivity contribution in [3.8, 4) is 0 Å². The summed E-state index contributed by atoms with van der Waals surface area (Å²) in [5.41, 5.74) is 4.23. The molecule has 1 aliphatic carbocycles. The Morgan fingerprint density at radius 3 is 2.41 bits per heavy atom. The van der Waals surface area contributed by atoms with E-state index < -0.39 is 103 Å². The first kappa shape index (κ1) is 62.6. The number of phosphoric acid groups is 3. The first-order chi connectivity index (χ1) is 34.7. The van der Waals surface area contributed by atoms with E-state index >= 15 is 0 Å². The molecule has 1 saturated heterocycles. The van der Waals surface area contributed by atoms with Crippen molar-refractivity contribution < 1.29 is 95.5 Å². The van der Waals surface area contributed by atoms with Gasteiger partial charge in [-0.25, -0.2) is 28.6 Å². The highest BCUT2D eigenvalue weighted by Gasteiger charge is 2.50. The molecule has 2 aromatic rings. The lowest BCUT2D eigenvalue weighted by atomic mass is 9.87. The number of aromatic nitrogens is 4. The van der Waals surface area contributed by atoms with Crippen LogP contribution in [0.15, 0.2) is 61.3 Å². The van der Waals surface area contributed by atoms with Gasteiger partial charge in [0.1, 0.15) is 42.0 Å². The van der Waals surface area contributed by atoms with Crippen molar-refractivity contribution in [3.05, 3.63) is 61.3 Å². The molecule has 0 radical (unpaired) electrons. The number of ether oxygens (including phenoxy) is 1. The standard InChI is InChI=1S/C43H66N7O20P3S/c1-4-5-10-14-28-29(31(53)22-30(28)52)17-16-27(51)13-11-8-6-7-9-12-15-34(55)74-21-20-45-33(54)18-19-46-41(58)38(57)43(2,3)24-67-73(64,65)70-72(62,63)66-23-32-37(69-71(59,60)61)36(56)42(68-32)50-26-49-35-39(44)47-25-48-40(35)50/h5,7-11,16-17,25-30,32,36-38,42,51-52,56-57H,4,6,12-15,18-24H2,1-3H3,(H,45,54)(H,46,58)(H,62,63)(H,64,65)(H2,44,47,48)(H2,59,60,61)/b9-7+,10-5+,11-8+,17-16+. The molecule has 0 spiro atoms. The molecule has 414 valence electrons. The van der Waals surface area contributed by atoms with Crippen LogP contribution in [0.25, 0.3) is 11.2 Å². The van der Waals surface area contributed by atoms with Crippen molar-refractivity contribution in [1.29, 1.82) is 0 Å². The van der Waals surface area contributed by atoms with E-state index in [1.54, 1.807) is 12.2 Å². The number of rotatable bonds is 31. The average molecular weight is 1130 g/mol. The maximum absolute atomic E-state index is 12.8. The van der Waals surface area contributed by atoms with Gasteiger partial charge < -0.3 is 61.1 Å². The first-order valence-electron chi connectivity index (χ1n) is 23.3. The van der Waals surface area contributed by atoms with E-state index in [-0.39, 0.29) is 66.2 Å². The molecule has 0 aromatic carbocycles. The van der Waals surface area contributed by atoms with Gasteiger partial charge in [0.15, 0.2) is 22.8 Å². The summed E-state index contributed by atoms with van der Waals surface area (Å²) in [6.45, 7) is 2.36. The molecule has 1 saturated carbocycles. The Bertz CT molecular complexity index is 2490. The Labute approximate surface area is 430 Å². The minimum absolute atomic E-state index is 0.0207. The van der Waals surface area contributed by atoms with Gasteiger partial charge in [-0.3, -0.25) is 37.3 Å². The summed E-state index contributed by atoms with van der Waals surface area (Å²) in [5.74, 6) is -1.87. The van der Waals surface area contributed by atoms with Crippen LogP contribution >= 0.6 is 35.2 Å². The molecule has 3 heterocycles. The Kier molecular flexibility index (Phi) is 24.6. The second-order valence-corrected chi connectivity index (χ2v) is 23.1. The number of thioether (sulfide) groups is 1. The number of hydrogen-bond donors (Lipinski definition) is 11. The highest BCUT2D eigenvalue weighted by atomic mass is 32.2. The van der Waals surface area contributed by atoms with Gasteiger partial charge in [0.05, 0.1) is 31.7 Å². The molecule has 4 rings (SSSR count). The monoisotopic (exact) mass is 1130 g/mol. The summed E-state index contributed by atoms with van der Waals surface area (Å²) in [5, 5.41) is 47.1. The molecule has 1 aliphatic heterocycles. The van der Waals surface area contributed by atoms with E-state index in [0.29, 0.717) is 31.4 Å². The normalized spacial score (nSPS) is 24.3. The number of nitrogens with one attached hydrogen (secondary N) is 2. The SMILES string of the molecule is CC/C=C/CC1C(O)CC(=O)C1/C=C/C(O)C/C=C/C/C=C/CCC(=O)SCCNC(=O)CCNC(=O)C(O)C(C)(C)COP(=O)(O)OP(=O)(O)OCC1OC(n2cnc3c(N)ncnc32)C(O)C1OP(=O)(O)O. The molecule has 0 bridgehead atoms. The predicted octanol–water partition coefficient (Wildman–Crippen LogP) is 2.18. The largest absolute Gasteiger partial charge is 0.481 e. The van der Waals surface area contributed by atoms with Crippen LogP contribution in [-0.2, 0) is 55.5 Å². The predicted molar refractivity (Wildman–Crippen MR) is 266 cm³/mol. The van der Waals surface area contributed by atoms with Gasteiger partial charge in [-0.1, -0.05) is 81.1 Å². The highest BCUT2D eigenvalue weighted by Crippen LogP contribution is 2.61. The third-order valence-corrected chi connectivity index (χ3v) is 15.4. The van der Waals surface area contributed by atoms with E-state index in [0.717, 1.165) is 35.4 Å². The molecular weight excluding hydrogens is 1060 g/mol. The Morgan fingerprint density at radius 1 is 0.973 bits per heavy atom. The Hall–Kier alpha value is -3.89. The Morgan fingerprint density at radius 2 is 1.69 bits per heavy atom. The van der Waals surface area contributed by atoms with Gasteiger partial charge in [-0.15, -0.1) is 0 Å². The smallest absolute Gasteiger partial charge is 0.392 e. The third-order valence-electron chi connectivity index (χ3n) is 11.4. The van der Waals surface area contributed by atoms with Crippen molar-refractivity contribution in [3.63, 3.8) is 0 Å². The number of phosphoric ester groups is 3. The zero-order chi connectivity index (χ0) is 54.9. The second kappa shape index (κ2) is 29.0. The van der Waals surface area contributed by atoms with Crippen LogP contribution in [0.5, 0.6) is 0 Å². The lowest BCUT2D eigenvalue weighted by Crippen LogP contribution is -2.46. The van der Waals surface area contributed by atoms with Crippen LogP contribution in [0.2, 0.25) is 0 Å². The number of hydrogen-bond acceptors (Lipinski definition) is 21. The van der Waals surface area contributed by atoms with Gasteiger partial charge in [0, 0.05) is 55.4 Å². The fraction of sp³-hybridized carbons (Fsp3) is 0.605. The maximum Gasteiger partial charge on any atom is 0.481 e. The minimum Gasteiger partial charge on any atom is -0.392 e. The van der Waals surface area contributed by atoms with E-state index in [1.807, 2.05) is 43.4 Å². The summed E-state index contributed by atoms with van der Waals surface area (Å²) < 4.78 is 62.4. The fourth-order valence-corrected chi connectivity index (χ4v) is 11.0. The van der Waals surface area contributed by atoms with Crippen molar-refractivity contribution in [2.45, 2.75) is 115 Å². The number of allylic oxidation sites excluding steroid dienone is 6. The molecule has 11 unspecified atom stereocenters. The van der Waals surface area contributed by atoms with Crippen LogP contribution < -0.4 is 16.4 Å². The van der Waals surface area contributed by atoms with Crippen molar-refractivity contribution in [2.75, 3.05) is 37.8 Å². The molecule has 74 heavy (non-hydrogen) atoms. The highest BCUT2D eigenvalue weighted by molar-refractivity contribution is 8.13. The number of anilines is 1. The number of nitrogens with zero attached hydrogens (tertiary/aromatic N) is 4. The number of imidazole rings is 1. The third kappa shape index (κ3) is 20.2. The first-order valence-corrected chi connectivity index (χ1v) is 28.8. The zero-order valence-electron chi connectivity index (χ0n) is 40.8. The molecule has 2 aromatic heterocycles. The summed E-state index contributed by atoms with van der Waals surface area (Å²) in [4.78, 5) is 101. The van der Waals surface area contributed by atoms with Crippen molar-refractivity contribution in [2.24, 2.45) is 17.3 Å². The summed E-state index contributed by atoms with van der Waals surface area (Å²) >= 11 is 1.04. The average Bonchev–Trinajstić information content (AvgIpc) is 3.97. The summed E-state index contributed by atoms with van der Waals surface area (Å²) in [6.07, 6.45) is 9.54. The molecule has 27 nitrogen and oxygen atoms in total. The van der Waals surface area contributed by atoms with Crippen molar-refractivity contribution >= 4 is 74.9 Å². The van der Waals surface area contributed by atoms with E-state index in [4.69, 9.17) is 19.5 Å². The number of Topliss-reactive ketones (excluding diaryl/α,β-unsaturated/α-hetero) is 1. The van der Waals surface area contributed by atoms with Crippen LogP contribution in [0.4, 0.5) is 5.82 Å². The summed E-state index contributed by atoms with van der Waals surface area (Å²) in [6, 6.07) is 0. The van der Waals surface area contributed by atoms with Crippen LogP contribution in [0.1, 0.15) is 78.4 Å². The molecular formula is C43H66N7O20P3S. The molecule has 2 aliphatic rings.